The highest BCUT2D eigenvalue weighted by atomic mass is 14.5. The van der Waals surface area contributed by atoms with Crippen LogP contribution in [0.5, 0.6) is 0 Å². The van der Waals surface area contributed by atoms with E-state index in [0.717, 1.165) is 0 Å². The number of benzene rings is 4. The Bertz CT molecular complexity index is 1200. The smallest absolute Gasteiger partial charge is 0.0199 e. The average molecular weight is 431 g/mol. The molecular formula is C33H34. The molecule has 0 bridgehead atoms. The summed E-state index contributed by atoms with van der Waals surface area (Å²) in [4.78, 5) is 0. The zero-order valence-electron chi connectivity index (χ0n) is 19.6. The summed E-state index contributed by atoms with van der Waals surface area (Å²) in [5, 5.41) is 2.84. The molecule has 0 unspecified atom stereocenters. The van der Waals surface area contributed by atoms with Crippen molar-refractivity contribution in [2.45, 2.75) is 69.1 Å². The van der Waals surface area contributed by atoms with Gasteiger partial charge in [-0.1, -0.05) is 136 Å². The van der Waals surface area contributed by atoms with E-state index in [0.29, 0.717) is 5.92 Å². The van der Waals surface area contributed by atoms with Crippen LogP contribution in [0.25, 0.3) is 21.9 Å². The summed E-state index contributed by atoms with van der Waals surface area (Å²) in [6, 6.07) is 34.7. The van der Waals surface area contributed by atoms with Crippen LogP contribution in [0.3, 0.4) is 0 Å². The molecular weight excluding hydrogens is 396 g/mol. The van der Waals surface area contributed by atoms with E-state index in [1.54, 1.807) is 16.7 Å². The Morgan fingerprint density at radius 3 is 1.67 bits per heavy atom. The van der Waals surface area contributed by atoms with E-state index in [1.165, 1.54) is 79.7 Å². The SMILES string of the molecule is c1ccc2c(c1)-c1ccccc1C2C1(c2cccc3ccccc23)CCCCCCCCC1. The Balaban J connectivity index is 1.63. The van der Waals surface area contributed by atoms with Gasteiger partial charge in [-0.3, -0.25) is 0 Å². The highest BCUT2D eigenvalue weighted by Gasteiger charge is 2.46. The highest BCUT2D eigenvalue weighted by Crippen LogP contribution is 2.58. The lowest BCUT2D eigenvalue weighted by Crippen LogP contribution is -2.34. The molecule has 0 nitrogen and oxygen atoms in total. The second-order valence-electron chi connectivity index (χ2n) is 10.3. The molecule has 0 aromatic heterocycles. The Labute approximate surface area is 198 Å². The van der Waals surface area contributed by atoms with Crippen molar-refractivity contribution >= 4 is 10.8 Å². The minimum absolute atomic E-state index is 0.126. The van der Waals surface area contributed by atoms with Gasteiger partial charge in [0.15, 0.2) is 0 Å². The Morgan fingerprint density at radius 2 is 1.00 bits per heavy atom. The van der Waals surface area contributed by atoms with Gasteiger partial charge in [0, 0.05) is 11.3 Å². The third kappa shape index (κ3) is 3.52. The molecule has 6 rings (SSSR count). The van der Waals surface area contributed by atoms with Gasteiger partial charge < -0.3 is 0 Å². The molecule has 0 heterocycles. The Hall–Kier alpha value is -2.86. The van der Waals surface area contributed by atoms with E-state index in [2.05, 4.69) is 91.0 Å². The molecule has 4 aromatic carbocycles. The van der Waals surface area contributed by atoms with Gasteiger partial charge in [0.25, 0.3) is 0 Å². The molecule has 166 valence electrons. The molecule has 33 heavy (non-hydrogen) atoms. The molecule has 2 aliphatic rings. The van der Waals surface area contributed by atoms with E-state index in [1.807, 2.05) is 0 Å². The van der Waals surface area contributed by atoms with Gasteiger partial charge in [-0.15, -0.1) is 0 Å². The molecule has 0 saturated heterocycles. The zero-order chi connectivity index (χ0) is 22.1. The quantitative estimate of drug-likeness (QED) is 0.297. The summed E-state index contributed by atoms with van der Waals surface area (Å²) in [6.07, 6.45) is 12.1. The lowest BCUT2D eigenvalue weighted by molar-refractivity contribution is 0.295. The van der Waals surface area contributed by atoms with Gasteiger partial charge in [-0.25, -0.2) is 0 Å². The van der Waals surface area contributed by atoms with Crippen molar-refractivity contribution in [2.75, 3.05) is 0 Å². The summed E-state index contributed by atoms with van der Waals surface area (Å²) in [5.41, 5.74) is 7.70. The first-order chi connectivity index (χ1) is 16.4. The van der Waals surface area contributed by atoms with Crippen LogP contribution in [-0.2, 0) is 5.41 Å². The predicted octanol–water partition coefficient (Wildman–Crippen LogP) is 9.41. The predicted molar refractivity (Wildman–Crippen MR) is 141 cm³/mol. The molecule has 2 aliphatic carbocycles. The van der Waals surface area contributed by atoms with Crippen LogP contribution in [0.4, 0.5) is 0 Å². The molecule has 4 aromatic rings. The van der Waals surface area contributed by atoms with Crippen LogP contribution in [-0.4, -0.2) is 0 Å². The third-order valence-electron chi connectivity index (χ3n) is 8.46. The van der Waals surface area contributed by atoms with E-state index < -0.39 is 0 Å². The van der Waals surface area contributed by atoms with Crippen LogP contribution in [0, 0.1) is 0 Å². The normalized spacial score (nSPS) is 18.5. The van der Waals surface area contributed by atoms with Gasteiger partial charge >= 0.3 is 0 Å². The molecule has 0 amide bonds. The van der Waals surface area contributed by atoms with Crippen LogP contribution in [0.1, 0.15) is 80.4 Å². The van der Waals surface area contributed by atoms with Crippen molar-refractivity contribution in [1.82, 2.24) is 0 Å². The van der Waals surface area contributed by atoms with Gasteiger partial charge in [0.2, 0.25) is 0 Å². The summed E-state index contributed by atoms with van der Waals surface area (Å²) in [5.74, 6) is 0.426. The highest BCUT2D eigenvalue weighted by molar-refractivity contribution is 5.88. The molecule has 1 saturated carbocycles. The molecule has 0 atom stereocenters. The van der Waals surface area contributed by atoms with Crippen molar-refractivity contribution in [3.63, 3.8) is 0 Å². The lowest BCUT2D eigenvalue weighted by atomic mass is 9.60. The largest absolute Gasteiger partial charge is 0.0619 e. The van der Waals surface area contributed by atoms with E-state index in [4.69, 9.17) is 0 Å². The Kier molecular flexibility index (Phi) is 5.54. The summed E-state index contributed by atoms with van der Waals surface area (Å²) < 4.78 is 0. The maximum atomic E-state index is 2.47. The number of hydrogen-bond donors (Lipinski definition) is 0. The second-order valence-corrected chi connectivity index (χ2v) is 10.3. The van der Waals surface area contributed by atoms with Crippen LogP contribution in [0.15, 0.2) is 91.0 Å². The minimum Gasteiger partial charge on any atom is -0.0619 e. The fourth-order valence-corrected chi connectivity index (χ4v) is 7.01. The number of rotatable bonds is 2. The van der Waals surface area contributed by atoms with E-state index >= 15 is 0 Å². The first-order valence-corrected chi connectivity index (χ1v) is 13.0. The van der Waals surface area contributed by atoms with E-state index in [9.17, 15) is 0 Å². The summed E-state index contributed by atoms with van der Waals surface area (Å²) in [6.45, 7) is 0. The lowest BCUT2D eigenvalue weighted by Gasteiger charge is -2.43. The zero-order valence-corrected chi connectivity index (χ0v) is 19.6. The maximum Gasteiger partial charge on any atom is 0.0199 e. The standard InChI is InChI=1S/C33H34/c1-2-4-12-23-33(24-13-5-3-1,31-22-14-16-25-15-6-7-17-26(25)31)32-29-20-10-8-18-27(29)28-19-9-11-21-30(28)32/h6-11,14-22,32H,1-5,12-13,23-24H2. The monoisotopic (exact) mass is 430 g/mol. The van der Waals surface area contributed by atoms with Crippen LogP contribution >= 0.6 is 0 Å². The average Bonchev–Trinajstić information content (AvgIpc) is 3.22. The van der Waals surface area contributed by atoms with Gasteiger partial charge in [-0.2, -0.15) is 0 Å². The maximum absolute atomic E-state index is 2.47. The molecule has 0 heteroatoms. The minimum atomic E-state index is 0.126. The Morgan fingerprint density at radius 1 is 0.485 bits per heavy atom. The van der Waals surface area contributed by atoms with Gasteiger partial charge in [-0.05, 0) is 51.4 Å². The first kappa shape index (κ1) is 20.7. The van der Waals surface area contributed by atoms with Crippen molar-refractivity contribution < 1.29 is 0 Å². The number of hydrogen-bond acceptors (Lipinski definition) is 0. The molecule has 0 aliphatic heterocycles. The molecule has 1 fully saturated rings. The molecule has 0 N–H and O–H groups in total. The summed E-state index contributed by atoms with van der Waals surface area (Å²) in [7, 11) is 0. The fraction of sp³-hybridized carbons (Fsp3) is 0.333. The van der Waals surface area contributed by atoms with Crippen molar-refractivity contribution in [2.24, 2.45) is 0 Å². The van der Waals surface area contributed by atoms with Gasteiger partial charge in [0.05, 0.1) is 0 Å². The molecule has 0 spiro atoms. The van der Waals surface area contributed by atoms with Crippen molar-refractivity contribution in [1.29, 1.82) is 0 Å². The first-order valence-electron chi connectivity index (χ1n) is 13.0. The van der Waals surface area contributed by atoms with Crippen molar-refractivity contribution in [3.05, 3.63) is 108 Å². The fourth-order valence-electron chi connectivity index (χ4n) is 7.01. The summed E-state index contributed by atoms with van der Waals surface area (Å²) >= 11 is 0. The topological polar surface area (TPSA) is 0 Å². The van der Waals surface area contributed by atoms with Crippen LogP contribution in [0.2, 0.25) is 0 Å². The van der Waals surface area contributed by atoms with Gasteiger partial charge in [0.1, 0.15) is 0 Å². The number of fused-ring (bicyclic) bond motifs is 4. The van der Waals surface area contributed by atoms with Crippen LogP contribution < -0.4 is 0 Å². The molecule has 0 radical (unpaired) electrons. The second kappa shape index (κ2) is 8.82. The van der Waals surface area contributed by atoms with E-state index in [-0.39, 0.29) is 5.41 Å². The van der Waals surface area contributed by atoms with Crippen molar-refractivity contribution in [3.8, 4) is 11.1 Å². The third-order valence-corrected chi connectivity index (χ3v) is 8.46.